The Morgan fingerprint density at radius 1 is 1.29 bits per heavy atom. The second kappa shape index (κ2) is 13.5. The summed E-state index contributed by atoms with van der Waals surface area (Å²) in [6, 6.07) is 8.46. The van der Waals surface area contributed by atoms with Gasteiger partial charge in [0.25, 0.3) is 5.92 Å². The molecule has 0 heterocycles. The molecule has 1 saturated carbocycles. The van der Waals surface area contributed by atoms with E-state index in [0.717, 1.165) is 6.08 Å². The standard InChI is InChI=1S/C22H28F2IO5P/c23-22(24,15-29-16-8-4-3-5-9-16)13-12-18-17(19(26)14-20(18)30-31-25)10-6-1-2-7-11-21(27)28/h1,3-6,8-9,12-13,17-20,26,31H,2,7,10-11,14-15H2,(H,27,28)/b6-1-,13-12+/t17-,18-,19+,20-/m1/s1. The van der Waals surface area contributed by atoms with Gasteiger partial charge in [-0.05, 0) is 65.4 Å². The molecule has 0 aliphatic heterocycles. The fraction of sp³-hybridized carbons (Fsp3) is 0.500. The van der Waals surface area contributed by atoms with Crippen molar-refractivity contribution in [2.24, 2.45) is 11.8 Å². The van der Waals surface area contributed by atoms with Gasteiger partial charge in [-0.2, -0.15) is 8.78 Å². The molecule has 0 spiro atoms. The minimum atomic E-state index is -3.15. The molecule has 5 nitrogen and oxygen atoms in total. The normalized spacial score (nSPS) is 24.6. The van der Waals surface area contributed by atoms with Crippen LogP contribution in [0.15, 0.2) is 54.6 Å². The molecule has 2 N–H and O–H groups in total. The number of halogens is 3. The maximum absolute atomic E-state index is 14.4. The van der Waals surface area contributed by atoms with Crippen LogP contribution in [-0.2, 0) is 9.32 Å². The molecule has 1 aromatic rings. The quantitative estimate of drug-likeness (QED) is 0.137. The topological polar surface area (TPSA) is 76.0 Å². The molecule has 0 radical (unpaired) electrons. The van der Waals surface area contributed by atoms with Crippen LogP contribution in [0.4, 0.5) is 8.78 Å². The SMILES string of the molecule is O=C(O)CCC/C=C\C[C@@H]1[C@@H](/C=C/C(F)(F)COc2ccccc2)[C@H](OPI)C[C@@H]1O. The van der Waals surface area contributed by atoms with E-state index in [2.05, 4.69) is 22.0 Å². The van der Waals surface area contributed by atoms with Gasteiger partial charge in [0.1, 0.15) is 5.75 Å². The van der Waals surface area contributed by atoms with Gasteiger partial charge < -0.3 is 19.5 Å². The average molecular weight is 568 g/mol. The molecule has 172 valence electrons. The van der Waals surface area contributed by atoms with E-state index in [1.807, 2.05) is 12.2 Å². The molecule has 0 amide bonds. The van der Waals surface area contributed by atoms with Crippen LogP contribution >= 0.6 is 28.5 Å². The highest BCUT2D eigenvalue weighted by Crippen LogP contribution is 2.42. The van der Waals surface area contributed by atoms with Crippen LogP contribution in [0.1, 0.15) is 32.1 Å². The van der Waals surface area contributed by atoms with E-state index in [-0.39, 0.29) is 30.8 Å². The first kappa shape index (κ1) is 26.2. The zero-order valence-electron chi connectivity index (χ0n) is 17.0. The lowest BCUT2D eigenvalue weighted by Gasteiger charge is -2.22. The van der Waals surface area contributed by atoms with Gasteiger partial charge in [-0.3, -0.25) is 4.79 Å². The van der Waals surface area contributed by atoms with Crippen LogP contribution in [0.3, 0.4) is 0 Å². The van der Waals surface area contributed by atoms with Gasteiger partial charge in [-0.1, -0.05) is 36.4 Å². The van der Waals surface area contributed by atoms with Crippen molar-refractivity contribution < 1.29 is 33.0 Å². The largest absolute Gasteiger partial charge is 0.487 e. The summed E-state index contributed by atoms with van der Waals surface area (Å²) in [5, 5.41) is 19.1. The van der Waals surface area contributed by atoms with Gasteiger partial charge in [0.15, 0.2) is 6.61 Å². The van der Waals surface area contributed by atoms with Crippen LogP contribution < -0.4 is 4.74 Å². The van der Waals surface area contributed by atoms with E-state index in [0.29, 0.717) is 31.4 Å². The van der Waals surface area contributed by atoms with Crippen molar-refractivity contribution in [2.75, 3.05) is 6.61 Å². The number of rotatable bonds is 13. The molecule has 0 saturated heterocycles. The molecule has 1 fully saturated rings. The minimum absolute atomic E-state index is 0.106. The van der Waals surface area contributed by atoms with Crippen LogP contribution in [0, 0.1) is 11.8 Å². The number of benzene rings is 1. The van der Waals surface area contributed by atoms with Gasteiger partial charge in [0.05, 0.1) is 18.7 Å². The summed E-state index contributed by atoms with van der Waals surface area (Å²) in [5.74, 6) is -4.19. The summed E-state index contributed by atoms with van der Waals surface area (Å²) in [6.07, 6.45) is 7.29. The predicted molar refractivity (Wildman–Crippen MR) is 126 cm³/mol. The summed E-state index contributed by atoms with van der Waals surface area (Å²) in [5.41, 5.74) is 0. The molecule has 0 bridgehead atoms. The Balaban J connectivity index is 1.97. The van der Waals surface area contributed by atoms with Gasteiger partial charge in [0.2, 0.25) is 0 Å². The molecule has 0 aromatic heterocycles. The lowest BCUT2D eigenvalue weighted by Crippen LogP contribution is -2.25. The number of hydrogen-bond acceptors (Lipinski definition) is 4. The van der Waals surface area contributed by atoms with E-state index < -0.39 is 24.6 Å². The van der Waals surface area contributed by atoms with Gasteiger partial charge in [0, 0.05) is 18.8 Å². The molecule has 9 heteroatoms. The third kappa shape index (κ3) is 9.51. The predicted octanol–water partition coefficient (Wildman–Crippen LogP) is 5.78. The Kier molecular flexibility index (Phi) is 11.4. The van der Waals surface area contributed by atoms with E-state index in [9.17, 15) is 18.7 Å². The van der Waals surface area contributed by atoms with Crippen molar-refractivity contribution in [3.8, 4) is 5.75 Å². The number of ether oxygens (including phenoxy) is 1. The Morgan fingerprint density at radius 2 is 2.03 bits per heavy atom. The van der Waals surface area contributed by atoms with Crippen molar-refractivity contribution in [3.05, 3.63) is 54.6 Å². The minimum Gasteiger partial charge on any atom is -0.487 e. The Hall–Kier alpha value is -1.09. The number of carboxylic acids is 1. The fourth-order valence-corrected chi connectivity index (χ4v) is 4.95. The highest BCUT2D eigenvalue weighted by atomic mass is 127. The Labute approximate surface area is 196 Å². The molecule has 31 heavy (non-hydrogen) atoms. The van der Waals surface area contributed by atoms with Crippen molar-refractivity contribution in [1.82, 2.24) is 0 Å². The number of allylic oxidation sites excluding steroid dienone is 2. The van der Waals surface area contributed by atoms with E-state index in [1.54, 1.807) is 30.3 Å². The number of unbranched alkanes of at least 4 members (excludes halogenated alkanes) is 1. The van der Waals surface area contributed by atoms with Crippen LogP contribution in [-0.4, -0.2) is 40.9 Å². The number of aliphatic hydroxyl groups excluding tert-OH is 1. The summed E-state index contributed by atoms with van der Waals surface area (Å²) < 4.78 is 39.7. The molecule has 5 atom stereocenters. The third-order valence-electron chi connectivity index (χ3n) is 5.16. The number of aliphatic hydroxyl groups is 1. The van der Waals surface area contributed by atoms with Gasteiger partial charge in [-0.15, -0.1) is 0 Å². The lowest BCUT2D eigenvalue weighted by atomic mass is 9.89. The average Bonchev–Trinajstić information content (AvgIpc) is 3.03. The second-order valence-electron chi connectivity index (χ2n) is 7.49. The summed E-state index contributed by atoms with van der Waals surface area (Å²) in [6.45, 7) is -0.599. The first-order valence-electron chi connectivity index (χ1n) is 10.1. The first-order valence-corrected chi connectivity index (χ1v) is 14.2. The van der Waals surface area contributed by atoms with Crippen molar-refractivity contribution in [1.29, 1.82) is 0 Å². The maximum atomic E-state index is 14.4. The zero-order valence-corrected chi connectivity index (χ0v) is 20.2. The zero-order chi connectivity index (χ0) is 22.7. The highest BCUT2D eigenvalue weighted by molar-refractivity contribution is 14.2. The number of aliphatic carboxylic acids is 1. The molecule has 1 aliphatic carbocycles. The second-order valence-corrected chi connectivity index (χ2v) is 9.20. The summed E-state index contributed by atoms with van der Waals surface area (Å²) >= 11 is 2.08. The molecule has 1 aromatic carbocycles. The first-order chi connectivity index (χ1) is 14.8. The van der Waals surface area contributed by atoms with E-state index >= 15 is 0 Å². The fourth-order valence-electron chi connectivity index (χ4n) is 3.61. The number of hydrogen-bond donors (Lipinski definition) is 2. The van der Waals surface area contributed by atoms with Crippen LogP contribution in [0.25, 0.3) is 0 Å². The molecule has 2 rings (SSSR count). The summed E-state index contributed by atoms with van der Waals surface area (Å²) in [7, 11) is 0. The Morgan fingerprint density at radius 3 is 2.71 bits per heavy atom. The number of alkyl halides is 2. The molecule has 1 unspecified atom stereocenters. The molecular formula is C22H28F2IO5P. The van der Waals surface area contributed by atoms with Gasteiger partial charge in [-0.25, -0.2) is 0 Å². The van der Waals surface area contributed by atoms with Crippen LogP contribution in [0.2, 0.25) is 0 Å². The highest BCUT2D eigenvalue weighted by Gasteiger charge is 2.42. The lowest BCUT2D eigenvalue weighted by molar-refractivity contribution is -0.137. The van der Waals surface area contributed by atoms with Crippen molar-refractivity contribution >= 4 is 34.5 Å². The maximum Gasteiger partial charge on any atom is 0.303 e. The monoisotopic (exact) mass is 568 g/mol. The number of carboxylic acid groups (broad SMARTS) is 1. The number of carbonyl (C=O) groups is 1. The van der Waals surface area contributed by atoms with Crippen molar-refractivity contribution in [2.45, 2.75) is 50.2 Å². The Bertz CT molecular complexity index is 732. The van der Waals surface area contributed by atoms with E-state index in [1.165, 1.54) is 6.08 Å². The third-order valence-corrected chi connectivity index (χ3v) is 6.32. The molecular weight excluding hydrogens is 540 g/mol. The smallest absolute Gasteiger partial charge is 0.303 e. The molecule has 1 aliphatic rings. The van der Waals surface area contributed by atoms with Crippen LogP contribution in [0.5, 0.6) is 5.75 Å². The summed E-state index contributed by atoms with van der Waals surface area (Å²) in [4.78, 5) is 10.6. The number of para-hydroxylation sites is 1. The van der Waals surface area contributed by atoms with Crippen molar-refractivity contribution in [3.63, 3.8) is 0 Å². The van der Waals surface area contributed by atoms with E-state index in [4.69, 9.17) is 14.4 Å². The van der Waals surface area contributed by atoms with Gasteiger partial charge >= 0.3 is 5.97 Å².